The summed E-state index contributed by atoms with van der Waals surface area (Å²) in [4.78, 5) is 2.09. The molecule has 1 atom stereocenters. The van der Waals surface area contributed by atoms with Crippen molar-refractivity contribution in [2.45, 2.75) is 12.2 Å². The minimum absolute atomic E-state index is 0.0969. The third kappa shape index (κ3) is 6.21. The quantitative estimate of drug-likeness (QED) is 0.701. The van der Waals surface area contributed by atoms with E-state index in [1.165, 1.54) is 0 Å². The molecule has 1 N–H and O–H groups in total. The Morgan fingerprint density at radius 1 is 1.47 bits per heavy atom. The van der Waals surface area contributed by atoms with E-state index in [0.29, 0.717) is 19.8 Å². The Kier molecular flexibility index (Phi) is 6.18. The van der Waals surface area contributed by atoms with Crippen LogP contribution in [0.5, 0.6) is 0 Å². The summed E-state index contributed by atoms with van der Waals surface area (Å²) in [5.74, 6) is 0. The van der Waals surface area contributed by atoms with Crippen molar-refractivity contribution < 1.29 is 22.6 Å². The van der Waals surface area contributed by atoms with Gasteiger partial charge in [-0.25, -0.2) is 0 Å². The molecule has 0 aliphatic carbocycles. The van der Waals surface area contributed by atoms with E-state index < -0.39 is 12.8 Å². The minimum atomic E-state index is -4.24. The SMILES string of the molecule is CNCC1COCCN1CCOCC(F)(F)F. The summed E-state index contributed by atoms with van der Waals surface area (Å²) >= 11 is 0. The molecule has 1 aliphatic rings. The summed E-state index contributed by atoms with van der Waals surface area (Å²) in [6.45, 7) is 2.17. The largest absolute Gasteiger partial charge is 0.411 e. The molecule has 0 radical (unpaired) electrons. The molecule has 4 nitrogen and oxygen atoms in total. The first kappa shape index (κ1) is 14.7. The standard InChI is InChI=1S/C10H19F3N2O2/c1-14-6-9-7-16-4-2-15(9)3-5-17-8-10(11,12)13/h9,14H,2-8H2,1H3. The van der Waals surface area contributed by atoms with Crippen molar-refractivity contribution in [3.05, 3.63) is 0 Å². The van der Waals surface area contributed by atoms with Crippen LogP contribution in [0.1, 0.15) is 0 Å². The second-order valence-corrected chi connectivity index (χ2v) is 3.99. The highest BCUT2D eigenvalue weighted by Crippen LogP contribution is 2.14. The Balaban J connectivity index is 2.19. The zero-order valence-electron chi connectivity index (χ0n) is 9.92. The van der Waals surface area contributed by atoms with E-state index in [4.69, 9.17) is 4.74 Å². The number of hydrogen-bond donors (Lipinski definition) is 1. The number of rotatable bonds is 6. The van der Waals surface area contributed by atoms with Gasteiger partial charge in [0.15, 0.2) is 0 Å². The molecule has 102 valence electrons. The molecule has 0 bridgehead atoms. The van der Waals surface area contributed by atoms with Crippen molar-refractivity contribution in [2.24, 2.45) is 0 Å². The average molecular weight is 256 g/mol. The van der Waals surface area contributed by atoms with Crippen LogP contribution in [0.15, 0.2) is 0 Å². The Morgan fingerprint density at radius 3 is 2.88 bits per heavy atom. The number of likely N-dealkylation sites (N-methyl/N-ethyl adjacent to an activating group) is 1. The molecule has 1 heterocycles. The van der Waals surface area contributed by atoms with Crippen molar-refractivity contribution in [1.82, 2.24) is 10.2 Å². The first-order valence-corrected chi connectivity index (χ1v) is 5.64. The Hall–Kier alpha value is -0.370. The highest BCUT2D eigenvalue weighted by atomic mass is 19.4. The maximum atomic E-state index is 11.9. The topological polar surface area (TPSA) is 33.7 Å². The van der Waals surface area contributed by atoms with Gasteiger partial charge in [0, 0.05) is 25.7 Å². The molecule has 17 heavy (non-hydrogen) atoms. The molecule has 7 heteroatoms. The summed E-state index contributed by atoms with van der Waals surface area (Å²) < 4.78 is 45.5. The van der Waals surface area contributed by atoms with E-state index >= 15 is 0 Å². The third-order valence-electron chi connectivity index (χ3n) is 2.58. The van der Waals surface area contributed by atoms with Crippen LogP contribution < -0.4 is 5.32 Å². The monoisotopic (exact) mass is 256 g/mol. The number of morpholine rings is 1. The van der Waals surface area contributed by atoms with Crippen LogP contribution in [-0.4, -0.2) is 70.2 Å². The minimum Gasteiger partial charge on any atom is -0.378 e. The second kappa shape index (κ2) is 7.15. The van der Waals surface area contributed by atoms with Crippen molar-refractivity contribution >= 4 is 0 Å². The highest BCUT2D eigenvalue weighted by Gasteiger charge is 2.28. The van der Waals surface area contributed by atoms with Gasteiger partial charge in [0.25, 0.3) is 0 Å². The molecule has 1 saturated heterocycles. The zero-order valence-corrected chi connectivity index (χ0v) is 9.92. The van der Waals surface area contributed by atoms with E-state index in [9.17, 15) is 13.2 Å². The Labute approximate surface area is 99.1 Å². The smallest absolute Gasteiger partial charge is 0.378 e. The van der Waals surface area contributed by atoms with E-state index in [1.54, 1.807) is 0 Å². The number of alkyl halides is 3. The molecule has 0 saturated carbocycles. The molecule has 1 fully saturated rings. The van der Waals surface area contributed by atoms with Crippen LogP contribution >= 0.6 is 0 Å². The maximum absolute atomic E-state index is 11.9. The first-order chi connectivity index (χ1) is 8.03. The van der Waals surface area contributed by atoms with Crippen LogP contribution in [0.25, 0.3) is 0 Å². The van der Waals surface area contributed by atoms with Crippen LogP contribution in [0.3, 0.4) is 0 Å². The normalized spacial score (nSPS) is 22.9. The summed E-state index contributed by atoms with van der Waals surface area (Å²) in [5.41, 5.74) is 0. The van der Waals surface area contributed by atoms with Crippen molar-refractivity contribution in [1.29, 1.82) is 0 Å². The lowest BCUT2D eigenvalue weighted by molar-refractivity contribution is -0.175. The van der Waals surface area contributed by atoms with E-state index in [-0.39, 0.29) is 12.6 Å². The molecule has 0 spiro atoms. The summed E-state index contributed by atoms with van der Waals surface area (Å²) in [5, 5.41) is 3.04. The van der Waals surface area contributed by atoms with Gasteiger partial charge in [-0.05, 0) is 7.05 Å². The molecule has 0 aromatic rings. The molecule has 0 aromatic carbocycles. The van der Waals surface area contributed by atoms with Crippen LogP contribution in [0.4, 0.5) is 13.2 Å². The third-order valence-corrected chi connectivity index (χ3v) is 2.58. The van der Waals surface area contributed by atoms with Crippen LogP contribution in [0, 0.1) is 0 Å². The van der Waals surface area contributed by atoms with Crippen LogP contribution in [0.2, 0.25) is 0 Å². The summed E-state index contributed by atoms with van der Waals surface area (Å²) in [6.07, 6.45) is -4.24. The van der Waals surface area contributed by atoms with Crippen molar-refractivity contribution in [2.75, 3.05) is 53.1 Å². The van der Waals surface area contributed by atoms with Gasteiger partial charge in [-0.15, -0.1) is 0 Å². The first-order valence-electron chi connectivity index (χ1n) is 5.64. The van der Waals surface area contributed by atoms with Gasteiger partial charge in [-0.2, -0.15) is 13.2 Å². The highest BCUT2D eigenvalue weighted by molar-refractivity contribution is 4.76. The van der Waals surface area contributed by atoms with E-state index in [2.05, 4.69) is 15.0 Å². The van der Waals surface area contributed by atoms with Gasteiger partial charge in [0.05, 0.1) is 19.8 Å². The van der Waals surface area contributed by atoms with Gasteiger partial charge in [0.1, 0.15) is 6.61 Å². The fraction of sp³-hybridized carbons (Fsp3) is 1.00. The number of nitrogens with zero attached hydrogens (tertiary/aromatic N) is 1. The molecule has 0 aromatic heterocycles. The molecular formula is C10H19F3N2O2. The lowest BCUT2D eigenvalue weighted by Crippen LogP contribution is -2.51. The second-order valence-electron chi connectivity index (χ2n) is 3.99. The summed E-state index contributed by atoms with van der Waals surface area (Å²) in [7, 11) is 1.84. The van der Waals surface area contributed by atoms with E-state index in [0.717, 1.165) is 13.1 Å². The number of halogens is 3. The fourth-order valence-corrected chi connectivity index (χ4v) is 1.78. The number of ether oxygens (including phenoxy) is 2. The lowest BCUT2D eigenvalue weighted by atomic mass is 10.2. The van der Waals surface area contributed by atoms with Gasteiger partial charge in [-0.3, -0.25) is 4.90 Å². The fourth-order valence-electron chi connectivity index (χ4n) is 1.78. The molecule has 1 rings (SSSR count). The predicted molar refractivity (Wildman–Crippen MR) is 57.0 cm³/mol. The number of hydrogen-bond acceptors (Lipinski definition) is 4. The van der Waals surface area contributed by atoms with Crippen molar-refractivity contribution in [3.63, 3.8) is 0 Å². The Morgan fingerprint density at radius 2 is 2.24 bits per heavy atom. The molecule has 0 amide bonds. The van der Waals surface area contributed by atoms with Gasteiger partial charge >= 0.3 is 6.18 Å². The Bertz CT molecular complexity index is 212. The molecule has 1 unspecified atom stereocenters. The van der Waals surface area contributed by atoms with Crippen LogP contribution in [-0.2, 0) is 9.47 Å². The average Bonchev–Trinajstić information content (AvgIpc) is 2.25. The molecular weight excluding hydrogens is 237 g/mol. The summed E-state index contributed by atoms with van der Waals surface area (Å²) in [6, 6.07) is 0.211. The van der Waals surface area contributed by atoms with E-state index in [1.807, 2.05) is 7.05 Å². The zero-order chi connectivity index (χ0) is 12.7. The molecule has 1 aliphatic heterocycles. The predicted octanol–water partition coefficient (Wildman–Crippen LogP) is 0.485. The lowest BCUT2D eigenvalue weighted by Gasteiger charge is -2.35. The van der Waals surface area contributed by atoms with Crippen molar-refractivity contribution in [3.8, 4) is 0 Å². The van der Waals surface area contributed by atoms with Gasteiger partial charge in [0.2, 0.25) is 0 Å². The maximum Gasteiger partial charge on any atom is 0.411 e. The van der Waals surface area contributed by atoms with Gasteiger partial charge < -0.3 is 14.8 Å². The number of nitrogens with one attached hydrogen (secondary N) is 1. The van der Waals surface area contributed by atoms with Gasteiger partial charge in [-0.1, -0.05) is 0 Å².